The maximum absolute atomic E-state index is 11.7. The third-order valence-electron chi connectivity index (χ3n) is 3.14. The molecule has 0 aromatic heterocycles. The van der Waals surface area contributed by atoms with Gasteiger partial charge in [0.25, 0.3) is 0 Å². The second kappa shape index (κ2) is 12.1. The fourth-order valence-electron chi connectivity index (χ4n) is 2.16. The molecule has 1 aliphatic rings. The van der Waals surface area contributed by atoms with Gasteiger partial charge in [-0.3, -0.25) is 4.79 Å². The van der Waals surface area contributed by atoms with Gasteiger partial charge in [-0.05, 0) is 58.7 Å². The number of primary amides is 1. The molecule has 0 spiro atoms. The Hall–Kier alpha value is -2.44. The van der Waals surface area contributed by atoms with Gasteiger partial charge in [-0.2, -0.15) is 0 Å². The topological polar surface area (TPSA) is 97.1 Å². The molecule has 1 atom stereocenters. The lowest BCUT2D eigenvalue weighted by molar-refractivity contribution is -0.151. The number of fused-ring (bicyclic) bond motifs is 1. The molecule has 160 valence electrons. The Morgan fingerprint density at radius 2 is 1.68 bits per heavy atom. The number of rotatable bonds is 4. The minimum atomic E-state index is -0.725. The molecule has 1 aromatic carbocycles. The molecule has 0 radical (unpaired) electrons. The Labute approximate surface area is 168 Å². The molecule has 7 heteroatoms. The van der Waals surface area contributed by atoms with E-state index in [0.717, 1.165) is 17.1 Å². The molecule has 2 N–H and O–H groups in total. The number of carbonyl (C=O) groups excluding carboxylic acids is 2. The molecule has 0 bridgehead atoms. The smallest absolute Gasteiger partial charge is 0.405 e. The molecule has 1 heterocycles. The molecule has 0 fully saturated rings. The van der Waals surface area contributed by atoms with Gasteiger partial charge in [0.2, 0.25) is 6.79 Å². The highest BCUT2D eigenvalue weighted by Crippen LogP contribution is 2.33. The van der Waals surface area contributed by atoms with Crippen molar-refractivity contribution in [3.05, 3.63) is 23.8 Å². The lowest BCUT2D eigenvalue weighted by Gasteiger charge is -2.16. The average Bonchev–Trinajstić information content (AvgIpc) is 3.02. The van der Waals surface area contributed by atoms with Gasteiger partial charge in [0, 0.05) is 0 Å². The molecule has 0 saturated carbocycles. The molecule has 1 amide bonds. The van der Waals surface area contributed by atoms with Gasteiger partial charge in [0.05, 0.1) is 12.0 Å². The van der Waals surface area contributed by atoms with Crippen molar-refractivity contribution in [2.45, 2.75) is 73.5 Å². The molecule has 0 unspecified atom stereocenters. The van der Waals surface area contributed by atoms with Gasteiger partial charge in [0.1, 0.15) is 5.60 Å². The summed E-state index contributed by atoms with van der Waals surface area (Å²) in [6.45, 7) is 15.1. The Morgan fingerprint density at radius 3 is 2.14 bits per heavy atom. The van der Waals surface area contributed by atoms with Crippen molar-refractivity contribution < 1.29 is 28.5 Å². The van der Waals surface area contributed by atoms with E-state index in [-0.39, 0.29) is 24.8 Å². The lowest BCUT2D eigenvalue weighted by Crippen LogP contribution is -2.27. The second-order valence-electron chi connectivity index (χ2n) is 7.31. The van der Waals surface area contributed by atoms with E-state index in [1.807, 2.05) is 52.8 Å². The van der Waals surface area contributed by atoms with Crippen LogP contribution in [0.4, 0.5) is 4.79 Å². The number of nitrogens with two attached hydrogens (primary N) is 1. The summed E-state index contributed by atoms with van der Waals surface area (Å²) in [4.78, 5) is 21.7. The first-order valence-electron chi connectivity index (χ1n) is 9.55. The highest BCUT2D eigenvalue weighted by Gasteiger charge is 2.19. The highest BCUT2D eigenvalue weighted by molar-refractivity contribution is 5.72. The predicted octanol–water partition coefficient (Wildman–Crippen LogP) is 4.45. The summed E-state index contributed by atoms with van der Waals surface area (Å²) in [5, 5.41) is 0. The Bertz CT molecular complexity index is 622. The fourth-order valence-corrected chi connectivity index (χ4v) is 2.16. The minimum Gasteiger partial charge on any atom is -0.463 e. The van der Waals surface area contributed by atoms with Crippen LogP contribution >= 0.6 is 0 Å². The van der Waals surface area contributed by atoms with E-state index < -0.39 is 11.7 Å². The van der Waals surface area contributed by atoms with Crippen molar-refractivity contribution in [1.82, 2.24) is 0 Å². The van der Waals surface area contributed by atoms with Crippen LogP contribution in [-0.4, -0.2) is 30.6 Å². The summed E-state index contributed by atoms with van der Waals surface area (Å²) < 4.78 is 20.3. The normalized spacial score (nSPS) is 12.8. The highest BCUT2D eigenvalue weighted by atomic mass is 16.7. The van der Waals surface area contributed by atoms with Crippen LogP contribution in [0, 0.1) is 5.92 Å². The number of carbonyl (C=O) groups is 2. The lowest BCUT2D eigenvalue weighted by atomic mass is 10.0. The number of hydrogen-bond donors (Lipinski definition) is 1. The molecular formula is C21H35NO6. The van der Waals surface area contributed by atoms with E-state index in [0.29, 0.717) is 6.42 Å². The molecule has 0 saturated heterocycles. The van der Waals surface area contributed by atoms with Crippen molar-refractivity contribution in [2.75, 3.05) is 6.79 Å². The number of benzene rings is 1. The Balaban J connectivity index is 0.000000618. The zero-order valence-corrected chi connectivity index (χ0v) is 18.3. The molecule has 1 aromatic rings. The second-order valence-corrected chi connectivity index (χ2v) is 7.31. The molecule has 0 aliphatic carbocycles. The summed E-state index contributed by atoms with van der Waals surface area (Å²) in [5.74, 6) is 1.18. The molecular weight excluding hydrogens is 362 g/mol. The average molecular weight is 398 g/mol. The fraction of sp³-hybridized carbons (Fsp3) is 0.619. The van der Waals surface area contributed by atoms with Gasteiger partial charge in [-0.1, -0.05) is 26.8 Å². The summed E-state index contributed by atoms with van der Waals surface area (Å²) >= 11 is 0. The minimum absolute atomic E-state index is 0.0725. The van der Waals surface area contributed by atoms with Crippen molar-refractivity contribution in [2.24, 2.45) is 11.7 Å². The van der Waals surface area contributed by atoms with Gasteiger partial charge in [0.15, 0.2) is 11.5 Å². The van der Waals surface area contributed by atoms with Crippen LogP contribution in [0.2, 0.25) is 0 Å². The first kappa shape index (κ1) is 25.6. The van der Waals surface area contributed by atoms with Crippen LogP contribution in [0.3, 0.4) is 0 Å². The van der Waals surface area contributed by atoms with Gasteiger partial charge >= 0.3 is 12.1 Å². The maximum Gasteiger partial charge on any atom is 0.405 e. The SMILES string of the molecule is CC.CC(C)(C)OC(N)=O.CC(C)OC(=O)[C@H](C)Cc1ccc2c(c1)OCO2. The van der Waals surface area contributed by atoms with Gasteiger partial charge < -0.3 is 24.7 Å². The van der Waals surface area contributed by atoms with Crippen LogP contribution in [0.15, 0.2) is 18.2 Å². The zero-order valence-electron chi connectivity index (χ0n) is 18.3. The van der Waals surface area contributed by atoms with Crippen LogP contribution in [0.5, 0.6) is 11.5 Å². The zero-order chi connectivity index (χ0) is 21.9. The van der Waals surface area contributed by atoms with Crippen LogP contribution in [-0.2, 0) is 20.7 Å². The number of hydrogen-bond acceptors (Lipinski definition) is 6. The summed E-state index contributed by atoms with van der Waals surface area (Å²) in [7, 11) is 0. The number of ether oxygens (including phenoxy) is 4. The Kier molecular flexibility index (Phi) is 11.0. The van der Waals surface area contributed by atoms with Crippen LogP contribution in [0.25, 0.3) is 0 Å². The molecule has 28 heavy (non-hydrogen) atoms. The van der Waals surface area contributed by atoms with E-state index in [1.165, 1.54) is 0 Å². The maximum atomic E-state index is 11.7. The van der Waals surface area contributed by atoms with E-state index in [9.17, 15) is 9.59 Å². The van der Waals surface area contributed by atoms with E-state index in [4.69, 9.17) is 19.9 Å². The third-order valence-corrected chi connectivity index (χ3v) is 3.14. The first-order chi connectivity index (χ1) is 13.0. The van der Waals surface area contributed by atoms with Crippen LogP contribution in [0.1, 0.15) is 61.0 Å². The van der Waals surface area contributed by atoms with E-state index in [2.05, 4.69) is 4.74 Å². The first-order valence-corrected chi connectivity index (χ1v) is 9.55. The largest absolute Gasteiger partial charge is 0.463 e. The standard InChI is InChI=1S/C14H18O4.C5H11NO2.C2H6/c1-9(2)18-14(15)10(3)6-11-4-5-12-13(7-11)17-8-16-12;1-5(2,3)8-4(6)7;1-2/h4-5,7,9-10H,6,8H2,1-3H3;1-3H3,(H2,6,7);1-2H3/t10-;;/m1../s1. The third kappa shape index (κ3) is 10.6. The predicted molar refractivity (Wildman–Crippen MR) is 108 cm³/mol. The van der Waals surface area contributed by atoms with Gasteiger partial charge in [-0.15, -0.1) is 0 Å². The number of amides is 1. The van der Waals surface area contributed by atoms with Crippen molar-refractivity contribution in [3.63, 3.8) is 0 Å². The van der Waals surface area contributed by atoms with Crippen molar-refractivity contribution in [1.29, 1.82) is 0 Å². The monoisotopic (exact) mass is 397 g/mol. The Morgan fingerprint density at radius 1 is 1.11 bits per heavy atom. The molecule has 2 rings (SSSR count). The van der Waals surface area contributed by atoms with Crippen molar-refractivity contribution >= 4 is 12.1 Å². The summed E-state index contributed by atoms with van der Waals surface area (Å²) in [6, 6.07) is 5.74. The summed E-state index contributed by atoms with van der Waals surface area (Å²) in [6.07, 6.45) is -0.156. The van der Waals surface area contributed by atoms with Gasteiger partial charge in [-0.25, -0.2) is 4.79 Å². The van der Waals surface area contributed by atoms with Crippen LogP contribution < -0.4 is 15.2 Å². The molecule has 7 nitrogen and oxygen atoms in total. The quantitative estimate of drug-likeness (QED) is 0.754. The van der Waals surface area contributed by atoms with E-state index in [1.54, 1.807) is 20.8 Å². The van der Waals surface area contributed by atoms with E-state index >= 15 is 0 Å². The number of esters is 1. The summed E-state index contributed by atoms with van der Waals surface area (Å²) in [5.41, 5.74) is 5.31. The van der Waals surface area contributed by atoms with Crippen molar-refractivity contribution in [3.8, 4) is 11.5 Å². The molecule has 1 aliphatic heterocycles.